The van der Waals surface area contributed by atoms with Gasteiger partial charge < -0.3 is 4.74 Å². The molecule has 0 aliphatic carbocycles. The minimum absolute atomic E-state index is 0.148. The summed E-state index contributed by atoms with van der Waals surface area (Å²) in [5.41, 5.74) is 0. The molecule has 76 valence electrons. The number of nitrogens with zero attached hydrogens (tertiary/aromatic N) is 1. The Morgan fingerprint density at radius 1 is 1.43 bits per heavy atom. The summed E-state index contributed by atoms with van der Waals surface area (Å²) in [4.78, 5) is 10.4. The van der Waals surface area contributed by atoms with Crippen LogP contribution in [0.5, 0.6) is 0 Å². The molecular weight excluding hydrogens is 209 g/mol. The first kappa shape index (κ1) is 10.6. The van der Waals surface area contributed by atoms with Crippen LogP contribution in [-0.2, 0) is 14.9 Å². The quantitative estimate of drug-likeness (QED) is 0.677. The van der Waals surface area contributed by atoms with Gasteiger partial charge in [0.15, 0.2) is 0 Å². The largest absolute Gasteiger partial charge is 0.451 e. The van der Waals surface area contributed by atoms with Gasteiger partial charge in [0.05, 0.1) is 12.0 Å². The second-order valence-corrected chi connectivity index (χ2v) is 3.90. The molecular formula is C8H8FNO3S. The third kappa shape index (κ3) is 2.53. The Bertz CT molecular complexity index is 437. The predicted molar refractivity (Wildman–Crippen MR) is 48.8 cm³/mol. The zero-order chi connectivity index (χ0) is 10.6. The van der Waals surface area contributed by atoms with E-state index in [1.807, 2.05) is 0 Å². The Balaban J connectivity index is 3.15. The van der Waals surface area contributed by atoms with Crippen LogP contribution in [0.15, 0.2) is 39.6 Å². The zero-order valence-corrected chi connectivity index (χ0v) is 8.16. The molecule has 6 heteroatoms. The minimum atomic E-state index is -4.17. The molecule has 0 aromatic heterocycles. The van der Waals surface area contributed by atoms with Crippen LogP contribution in [-0.4, -0.2) is 17.4 Å². The van der Waals surface area contributed by atoms with Crippen molar-refractivity contribution >= 4 is 16.2 Å². The molecule has 0 aliphatic heterocycles. The van der Waals surface area contributed by atoms with E-state index in [-0.39, 0.29) is 4.90 Å². The van der Waals surface area contributed by atoms with Gasteiger partial charge in [-0.3, -0.25) is 0 Å². The van der Waals surface area contributed by atoms with Crippen LogP contribution in [0.1, 0.15) is 0 Å². The Kier molecular flexibility index (Phi) is 3.19. The molecule has 1 amide bonds. The topological polar surface area (TPSA) is 55.7 Å². The van der Waals surface area contributed by atoms with Crippen molar-refractivity contribution in [3.8, 4) is 0 Å². The highest BCUT2D eigenvalue weighted by Crippen LogP contribution is 2.14. The van der Waals surface area contributed by atoms with Gasteiger partial charge in [0.1, 0.15) is 0 Å². The highest BCUT2D eigenvalue weighted by molar-refractivity contribution is 7.89. The molecule has 0 fully saturated rings. The summed E-state index contributed by atoms with van der Waals surface area (Å²) < 4.78 is 31.4. The maximum absolute atomic E-state index is 13.3. The van der Waals surface area contributed by atoms with E-state index in [0.717, 1.165) is 7.11 Å². The van der Waals surface area contributed by atoms with Gasteiger partial charge in [0, 0.05) is 0 Å². The van der Waals surface area contributed by atoms with E-state index < -0.39 is 16.2 Å². The summed E-state index contributed by atoms with van der Waals surface area (Å²) in [6, 6.07) is 7.21. The predicted octanol–water partition coefficient (Wildman–Crippen LogP) is 2.16. The van der Waals surface area contributed by atoms with E-state index in [4.69, 9.17) is 0 Å². The number of benzene rings is 1. The molecule has 0 N–H and O–H groups in total. The first-order valence-corrected chi connectivity index (χ1v) is 5.07. The van der Waals surface area contributed by atoms with Crippen LogP contribution in [0.25, 0.3) is 0 Å². The number of hydrogen-bond acceptors (Lipinski definition) is 3. The molecule has 0 saturated heterocycles. The summed E-state index contributed by atoms with van der Waals surface area (Å²) in [6.07, 6.45) is -1.19. The molecule has 1 unspecified atom stereocenters. The molecule has 1 rings (SSSR count). The third-order valence-corrected chi connectivity index (χ3v) is 2.64. The SMILES string of the molecule is COC(=O)N=S(=O)(F)c1ccccc1. The maximum Gasteiger partial charge on any atom is 0.443 e. The van der Waals surface area contributed by atoms with Crippen LogP contribution in [0, 0.1) is 0 Å². The fraction of sp³-hybridized carbons (Fsp3) is 0.125. The van der Waals surface area contributed by atoms with Gasteiger partial charge in [-0.2, -0.15) is 0 Å². The second kappa shape index (κ2) is 4.19. The Morgan fingerprint density at radius 2 is 2.00 bits per heavy atom. The lowest BCUT2D eigenvalue weighted by molar-refractivity contribution is 0.183. The van der Waals surface area contributed by atoms with Gasteiger partial charge in [0.2, 0.25) is 10.1 Å². The molecule has 1 aromatic carbocycles. The lowest BCUT2D eigenvalue weighted by Crippen LogP contribution is -1.99. The number of hydrogen-bond donors (Lipinski definition) is 0. The highest BCUT2D eigenvalue weighted by Gasteiger charge is 2.12. The number of halogens is 1. The van der Waals surface area contributed by atoms with Gasteiger partial charge in [-0.1, -0.05) is 22.6 Å². The van der Waals surface area contributed by atoms with Crippen molar-refractivity contribution in [3.63, 3.8) is 0 Å². The number of amides is 1. The summed E-state index contributed by atoms with van der Waals surface area (Å²) in [5, 5.41) is 0. The fourth-order valence-corrected chi connectivity index (χ4v) is 1.64. The lowest BCUT2D eigenvalue weighted by Gasteiger charge is -1.98. The molecule has 0 heterocycles. The normalized spacial score (nSPS) is 14.1. The van der Waals surface area contributed by atoms with Crippen molar-refractivity contribution in [1.82, 2.24) is 0 Å². The molecule has 1 aromatic rings. The lowest BCUT2D eigenvalue weighted by atomic mass is 10.4. The van der Waals surface area contributed by atoms with Crippen molar-refractivity contribution in [1.29, 1.82) is 0 Å². The van der Waals surface area contributed by atoms with Crippen LogP contribution >= 0.6 is 0 Å². The molecule has 0 saturated carbocycles. The van der Waals surface area contributed by atoms with Gasteiger partial charge in [-0.05, 0) is 12.1 Å². The average Bonchev–Trinajstić information content (AvgIpc) is 2.18. The Morgan fingerprint density at radius 3 is 2.50 bits per heavy atom. The van der Waals surface area contributed by atoms with Crippen LogP contribution < -0.4 is 0 Å². The van der Waals surface area contributed by atoms with E-state index in [2.05, 4.69) is 9.10 Å². The van der Waals surface area contributed by atoms with Gasteiger partial charge in [-0.15, -0.1) is 3.89 Å². The van der Waals surface area contributed by atoms with Gasteiger partial charge in [0.25, 0.3) is 0 Å². The first-order valence-electron chi connectivity index (χ1n) is 3.66. The average molecular weight is 217 g/mol. The highest BCUT2D eigenvalue weighted by atomic mass is 32.3. The summed E-state index contributed by atoms with van der Waals surface area (Å²) >= 11 is 0. The number of carbonyl (C=O) groups excluding carboxylic acids is 1. The van der Waals surface area contributed by atoms with Gasteiger partial charge in [-0.25, -0.2) is 9.00 Å². The molecule has 14 heavy (non-hydrogen) atoms. The maximum atomic E-state index is 13.3. The van der Waals surface area contributed by atoms with Crippen LogP contribution in [0.4, 0.5) is 8.68 Å². The molecule has 0 radical (unpaired) electrons. The van der Waals surface area contributed by atoms with Crippen molar-refractivity contribution in [2.75, 3.05) is 7.11 Å². The third-order valence-electron chi connectivity index (χ3n) is 1.40. The molecule has 0 bridgehead atoms. The summed E-state index contributed by atoms with van der Waals surface area (Å²) in [5.74, 6) is 0. The molecule has 4 nitrogen and oxygen atoms in total. The Hall–Kier alpha value is -1.43. The summed E-state index contributed by atoms with van der Waals surface area (Å²) in [6.45, 7) is 0. The second-order valence-electron chi connectivity index (χ2n) is 2.33. The van der Waals surface area contributed by atoms with E-state index in [1.54, 1.807) is 6.07 Å². The van der Waals surface area contributed by atoms with Crippen molar-refractivity contribution in [2.24, 2.45) is 4.36 Å². The van der Waals surface area contributed by atoms with E-state index in [9.17, 15) is 12.9 Å². The van der Waals surface area contributed by atoms with Crippen molar-refractivity contribution in [2.45, 2.75) is 4.90 Å². The van der Waals surface area contributed by atoms with E-state index in [0.29, 0.717) is 0 Å². The number of carbonyl (C=O) groups is 1. The van der Waals surface area contributed by atoms with Gasteiger partial charge >= 0.3 is 6.09 Å². The van der Waals surface area contributed by atoms with E-state index >= 15 is 0 Å². The van der Waals surface area contributed by atoms with Crippen LogP contribution in [0.2, 0.25) is 0 Å². The molecule has 1 atom stereocenters. The number of methoxy groups -OCH3 is 1. The Labute approximate surface area is 81.2 Å². The van der Waals surface area contributed by atoms with Crippen molar-refractivity contribution < 1.29 is 17.6 Å². The minimum Gasteiger partial charge on any atom is -0.451 e. The molecule has 0 aliphatic rings. The number of rotatable bonds is 1. The van der Waals surface area contributed by atoms with Crippen LogP contribution in [0.3, 0.4) is 0 Å². The monoisotopic (exact) mass is 217 g/mol. The summed E-state index contributed by atoms with van der Waals surface area (Å²) in [7, 11) is -3.14. The number of ether oxygens (including phenoxy) is 1. The van der Waals surface area contributed by atoms with E-state index in [1.165, 1.54) is 24.3 Å². The molecule has 0 spiro atoms. The zero-order valence-electron chi connectivity index (χ0n) is 7.34. The standard InChI is InChI=1S/C8H8FNO3S/c1-13-8(11)10-14(9,12)7-5-3-2-4-6-7/h2-6H,1H3. The first-order chi connectivity index (χ1) is 6.56. The smallest absolute Gasteiger partial charge is 0.443 e. The fourth-order valence-electron chi connectivity index (χ4n) is 0.774. The van der Waals surface area contributed by atoms with Crippen molar-refractivity contribution in [3.05, 3.63) is 30.3 Å².